The van der Waals surface area contributed by atoms with Crippen molar-refractivity contribution in [3.8, 4) is 0 Å². The average Bonchev–Trinajstić information content (AvgIpc) is 2.93. The number of aryl methyl sites for hydroxylation is 1. The number of hydrogen-bond acceptors (Lipinski definition) is 3. The van der Waals surface area contributed by atoms with Crippen LogP contribution >= 0.6 is 27.3 Å². The molecule has 2 N–H and O–H groups in total. The Morgan fingerprint density at radius 1 is 1.27 bits per heavy atom. The molecule has 1 aliphatic carbocycles. The first-order chi connectivity index (χ1) is 12.5. The molecule has 0 aliphatic heterocycles. The van der Waals surface area contributed by atoms with E-state index in [9.17, 15) is 14.0 Å². The van der Waals surface area contributed by atoms with Crippen LogP contribution in [0.2, 0.25) is 0 Å². The number of carbonyl (C=O) groups excluding carboxylic acids is 2. The molecule has 7 heteroatoms. The second kappa shape index (κ2) is 8.31. The summed E-state index contributed by atoms with van der Waals surface area (Å²) in [5, 5.41) is 6.53. The van der Waals surface area contributed by atoms with Crippen LogP contribution < -0.4 is 10.6 Å². The standard InChI is InChI=1S/C19H20BrFN2O2S/c1-11-13-4-2-3-5-16(13)26-19(11)23-17(24)8-9-22-18(25)14-10-12(21)6-7-15(14)20/h6-7,10H,2-5,8-9H2,1H3,(H,22,25)(H,23,24). The Bertz CT molecular complexity index is 850. The summed E-state index contributed by atoms with van der Waals surface area (Å²) < 4.78 is 13.8. The maximum Gasteiger partial charge on any atom is 0.252 e. The fourth-order valence-corrected chi connectivity index (χ4v) is 4.83. The largest absolute Gasteiger partial charge is 0.351 e. The van der Waals surface area contributed by atoms with E-state index >= 15 is 0 Å². The zero-order chi connectivity index (χ0) is 18.7. The fraction of sp³-hybridized carbons (Fsp3) is 0.368. The van der Waals surface area contributed by atoms with Gasteiger partial charge in [-0.1, -0.05) is 0 Å². The van der Waals surface area contributed by atoms with Crippen LogP contribution in [0, 0.1) is 12.7 Å². The Balaban J connectivity index is 1.52. The Hall–Kier alpha value is -1.73. The number of nitrogens with one attached hydrogen (secondary N) is 2. The van der Waals surface area contributed by atoms with E-state index in [0.717, 1.165) is 17.8 Å². The van der Waals surface area contributed by atoms with Gasteiger partial charge in [0.25, 0.3) is 5.91 Å². The van der Waals surface area contributed by atoms with Crippen LogP contribution in [0.4, 0.5) is 9.39 Å². The van der Waals surface area contributed by atoms with Gasteiger partial charge < -0.3 is 10.6 Å². The smallest absolute Gasteiger partial charge is 0.252 e. The van der Waals surface area contributed by atoms with Crippen molar-refractivity contribution in [1.29, 1.82) is 0 Å². The highest BCUT2D eigenvalue weighted by atomic mass is 79.9. The maximum atomic E-state index is 13.3. The van der Waals surface area contributed by atoms with Crippen molar-refractivity contribution in [3.05, 3.63) is 50.1 Å². The zero-order valence-electron chi connectivity index (χ0n) is 14.5. The van der Waals surface area contributed by atoms with Crippen LogP contribution in [-0.4, -0.2) is 18.4 Å². The molecular formula is C19H20BrFN2O2S. The predicted octanol–water partition coefficient (Wildman–Crippen LogP) is 4.60. The van der Waals surface area contributed by atoms with Crippen molar-refractivity contribution in [3.63, 3.8) is 0 Å². The second-order valence-corrected chi connectivity index (χ2v) is 8.30. The lowest BCUT2D eigenvalue weighted by Gasteiger charge is -2.10. The van der Waals surface area contributed by atoms with Gasteiger partial charge in [-0.3, -0.25) is 9.59 Å². The van der Waals surface area contributed by atoms with Gasteiger partial charge >= 0.3 is 0 Å². The predicted molar refractivity (Wildman–Crippen MR) is 105 cm³/mol. The van der Waals surface area contributed by atoms with Crippen LogP contribution in [0.25, 0.3) is 0 Å². The van der Waals surface area contributed by atoms with E-state index < -0.39 is 11.7 Å². The molecule has 0 spiro atoms. The zero-order valence-corrected chi connectivity index (χ0v) is 16.9. The van der Waals surface area contributed by atoms with Gasteiger partial charge in [0.1, 0.15) is 5.82 Å². The van der Waals surface area contributed by atoms with Crippen molar-refractivity contribution in [2.75, 3.05) is 11.9 Å². The van der Waals surface area contributed by atoms with E-state index in [-0.39, 0.29) is 24.4 Å². The summed E-state index contributed by atoms with van der Waals surface area (Å²) in [4.78, 5) is 25.7. The van der Waals surface area contributed by atoms with E-state index in [2.05, 4.69) is 33.5 Å². The highest BCUT2D eigenvalue weighted by Gasteiger charge is 2.19. The Kier molecular flexibility index (Phi) is 6.09. The van der Waals surface area contributed by atoms with Crippen LogP contribution in [0.3, 0.4) is 0 Å². The Morgan fingerprint density at radius 3 is 2.81 bits per heavy atom. The molecule has 1 aromatic carbocycles. The summed E-state index contributed by atoms with van der Waals surface area (Å²) in [6.07, 6.45) is 4.77. The van der Waals surface area contributed by atoms with Gasteiger partial charge in [-0.15, -0.1) is 11.3 Å². The molecule has 138 valence electrons. The molecule has 4 nitrogen and oxygen atoms in total. The molecular weight excluding hydrogens is 419 g/mol. The first kappa shape index (κ1) is 19.0. The number of benzene rings is 1. The third-order valence-electron chi connectivity index (χ3n) is 4.50. The minimum atomic E-state index is -0.478. The lowest BCUT2D eigenvalue weighted by molar-refractivity contribution is -0.116. The number of anilines is 1. The van der Waals surface area contributed by atoms with Crippen molar-refractivity contribution >= 4 is 44.1 Å². The molecule has 1 heterocycles. The molecule has 2 amide bonds. The molecule has 1 aromatic heterocycles. The lowest BCUT2D eigenvalue weighted by atomic mass is 9.96. The topological polar surface area (TPSA) is 58.2 Å². The lowest BCUT2D eigenvalue weighted by Crippen LogP contribution is -2.28. The summed E-state index contributed by atoms with van der Waals surface area (Å²) in [5.41, 5.74) is 2.78. The molecule has 0 saturated carbocycles. The minimum absolute atomic E-state index is 0.134. The quantitative estimate of drug-likeness (QED) is 0.716. The number of fused-ring (bicyclic) bond motifs is 1. The van der Waals surface area contributed by atoms with Crippen molar-refractivity contribution in [1.82, 2.24) is 5.32 Å². The van der Waals surface area contributed by atoms with Crippen molar-refractivity contribution < 1.29 is 14.0 Å². The summed E-state index contributed by atoms with van der Waals surface area (Å²) >= 11 is 4.89. The molecule has 0 atom stereocenters. The van der Waals surface area contributed by atoms with Crippen LogP contribution in [0.15, 0.2) is 22.7 Å². The molecule has 0 radical (unpaired) electrons. The summed E-state index contributed by atoms with van der Waals surface area (Å²) in [5.74, 6) is -1.02. The second-order valence-electron chi connectivity index (χ2n) is 6.34. The van der Waals surface area contributed by atoms with Crippen LogP contribution in [-0.2, 0) is 17.6 Å². The van der Waals surface area contributed by atoms with Gasteiger partial charge in [0, 0.05) is 22.3 Å². The number of amides is 2. The Labute approximate surface area is 164 Å². The van der Waals surface area contributed by atoms with Gasteiger partial charge in [-0.25, -0.2) is 4.39 Å². The van der Waals surface area contributed by atoms with Gasteiger partial charge in [-0.2, -0.15) is 0 Å². The van der Waals surface area contributed by atoms with E-state index in [1.165, 1.54) is 47.0 Å². The van der Waals surface area contributed by atoms with Crippen molar-refractivity contribution in [2.24, 2.45) is 0 Å². The molecule has 1 aliphatic rings. The first-order valence-corrected chi connectivity index (χ1v) is 10.2. The summed E-state index contributed by atoms with van der Waals surface area (Å²) in [6, 6.07) is 3.93. The molecule has 0 saturated heterocycles. The van der Waals surface area contributed by atoms with Crippen LogP contribution in [0.1, 0.15) is 45.6 Å². The molecule has 0 unspecified atom stereocenters. The number of carbonyl (C=O) groups is 2. The van der Waals surface area contributed by atoms with E-state index in [1.807, 2.05) is 0 Å². The third-order valence-corrected chi connectivity index (χ3v) is 6.50. The van der Waals surface area contributed by atoms with E-state index in [1.54, 1.807) is 11.3 Å². The molecule has 2 aromatic rings. The van der Waals surface area contributed by atoms with Gasteiger partial charge in [0.05, 0.1) is 10.6 Å². The normalized spacial score (nSPS) is 13.2. The first-order valence-electron chi connectivity index (χ1n) is 8.60. The van der Waals surface area contributed by atoms with E-state index in [4.69, 9.17) is 0 Å². The molecule has 0 bridgehead atoms. The van der Waals surface area contributed by atoms with Crippen molar-refractivity contribution in [2.45, 2.75) is 39.0 Å². The van der Waals surface area contributed by atoms with Gasteiger partial charge in [0.15, 0.2) is 0 Å². The van der Waals surface area contributed by atoms with Gasteiger partial charge in [-0.05, 0) is 77.9 Å². The molecule has 0 fully saturated rings. The van der Waals surface area contributed by atoms with E-state index in [0.29, 0.717) is 4.47 Å². The fourth-order valence-electron chi connectivity index (χ4n) is 3.09. The number of rotatable bonds is 5. The molecule has 26 heavy (non-hydrogen) atoms. The Morgan fingerprint density at radius 2 is 2.04 bits per heavy atom. The summed E-state index contributed by atoms with van der Waals surface area (Å²) in [7, 11) is 0. The third kappa shape index (κ3) is 4.32. The van der Waals surface area contributed by atoms with Crippen LogP contribution in [0.5, 0.6) is 0 Å². The highest BCUT2D eigenvalue weighted by molar-refractivity contribution is 9.10. The number of halogens is 2. The number of thiophene rings is 1. The monoisotopic (exact) mass is 438 g/mol. The SMILES string of the molecule is Cc1c(NC(=O)CCNC(=O)c2cc(F)ccc2Br)sc2c1CCCC2. The highest BCUT2D eigenvalue weighted by Crippen LogP contribution is 2.37. The van der Waals surface area contributed by atoms with Gasteiger partial charge in [0.2, 0.25) is 5.91 Å². The summed E-state index contributed by atoms with van der Waals surface area (Å²) in [6.45, 7) is 2.25. The molecule has 3 rings (SSSR count). The average molecular weight is 439 g/mol. The minimum Gasteiger partial charge on any atom is -0.351 e. The number of hydrogen-bond donors (Lipinski definition) is 2. The maximum absolute atomic E-state index is 13.3.